The molecule has 7 nitrogen and oxygen atoms in total. The number of carbonyl (C=O) groups is 1. The minimum absolute atomic E-state index is 0.0605. The maximum atomic E-state index is 15.2. The number of benzene rings is 3. The van der Waals surface area contributed by atoms with E-state index in [2.05, 4.69) is 27.0 Å². The van der Waals surface area contributed by atoms with Gasteiger partial charge in [-0.25, -0.2) is 13.2 Å². The van der Waals surface area contributed by atoms with Gasteiger partial charge in [0.2, 0.25) is 5.91 Å². The van der Waals surface area contributed by atoms with Crippen molar-refractivity contribution in [3.8, 4) is 6.07 Å². The number of morpholine rings is 1. The summed E-state index contributed by atoms with van der Waals surface area (Å²) in [5, 5.41) is 18.5. The Bertz CT molecular complexity index is 1630. The maximum Gasteiger partial charge on any atom is 0.247 e. The number of thioether (sulfide) groups is 1. The van der Waals surface area contributed by atoms with Crippen LogP contribution in [-0.2, 0) is 22.4 Å². The van der Waals surface area contributed by atoms with E-state index in [1.807, 2.05) is 18.2 Å². The van der Waals surface area contributed by atoms with E-state index in [1.165, 1.54) is 42.6 Å². The number of halogens is 3. The molecule has 3 atom stereocenters. The van der Waals surface area contributed by atoms with Crippen LogP contribution >= 0.6 is 11.8 Å². The Morgan fingerprint density at radius 1 is 1.02 bits per heavy atom. The fourth-order valence-corrected chi connectivity index (χ4v) is 6.01. The van der Waals surface area contributed by atoms with Crippen LogP contribution in [0.3, 0.4) is 0 Å². The zero-order chi connectivity index (χ0) is 31.6. The molecule has 1 aliphatic rings. The first-order chi connectivity index (χ1) is 21.9. The molecule has 1 aliphatic heterocycles. The summed E-state index contributed by atoms with van der Waals surface area (Å²) in [7, 11) is 0. The number of nitrogens with one attached hydrogen (secondary N) is 3. The van der Waals surface area contributed by atoms with Crippen molar-refractivity contribution in [2.45, 2.75) is 42.4 Å². The zero-order valence-corrected chi connectivity index (χ0v) is 25.1. The van der Waals surface area contributed by atoms with Gasteiger partial charge in [0.15, 0.2) is 0 Å². The summed E-state index contributed by atoms with van der Waals surface area (Å²) in [5.41, 5.74) is 2.44. The molecule has 1 amide bonds. The molecule has 0 unspecified atom stereocenters. The second kappa shape index (κ2) is 15.6. The van der Waals surface area contributed by atoms with Gasteiger partial charge in [-0.2, -0.15) is 5.26 Å². The monoisotopic (exact) mass is 631 g/mol. The average Bonchev–Trinajstić information content (AvgIpc) is 3.05. The number of aromatic nitrogens is 1. The van der Waals surface area contributed by atoms with Gasteiger partial charge < -0.3 is 20.7 Å². The maximum absolute atomic E-state index is 15.2. The number of pyridine rings is 1. The average molecular weight is 632 g/mol. The Labute approximate surface area is 264 Å². The molecule has 1 saturated heterocycles. The van der Waals surface area contributed by atoms with E-state index >= 15 is 4.39 Å². The van der Waals surface area contributed by atoms with Crippen molar-refractivity contribution in [2.24, 2.45) is 0 Å². The summed E-state index contributed by atoms with van der Waals surface area (Å²) in [6, 6.07) is 19.9. The van der Waals surface area contributed by atoms with Crippen molar-refractivity contribution in [2.75, 3.05) is 29.5 Å². The Kier molecular flexibility index (Phi) is 11.1. The lowest BCUT2D eigenvalue weighted by molar-refractivity contribution is -0.116. The van der Waals surface area contributed by atoms with Gasteiger partial charge in [-0.05, 0) is 73.0 Å². The third-order valence-electron chi connectivity index (χ3n) is 7.36. The van der Waals surface area contributed by atoms with Crippen LogP contribution in [0.5, 0.6) is 0 Å². The van der Waals surface area contributed by atoms with Crippen molar-refractivity contribution in [1.82, 2.24) is 10.3 Å². The van der Waals surface area contributed by atoms with Crippen molar-refractivity contribution >= 4 is 29.0 Å². The lowest BCUT2D eigenvalue weighted by Crippen LogP contribution is -2.46. The molecule has 0 radical (unpaired) electrons. The van der Waals surface area contributed by atoms with Gasteiger partial charge in [-0.3, -0.25) is 9.78 Å². The van der Waals surface area contributed by atoms with Gasteiger partial charge in [-0.1, -0.05) is 18.2 Å². The highest BCUT2D eigenvalue weighted by Crippen LogP contribution is 2.26. The molecule has 11 heteroatoms. The normalized spacial score (nSPS) is 16.8. The molecule has 0 bridgehead atoms. The Morgan fingerprint density at radius 2 is 1.76 bits per heavy atom. The molecule has 5 rings (SSSR count). The highest BCUT2D eigenvalue weighted by molar-refractivity contribution is 7.99. The van der Waals surface area contributed by atoms with Gasteiger partial charge in [0.05, 0.1) is 41.9 Å². The first kappa shape index (κ1) is 32.0. The quantitative estimate of drug-likeness (QED) is 0.162. The van der Waals surface area contributed by atoms with Crippen LogP contribution in [-0.4, -0.2) is 48.0 Å². The molecule has 0 aliphatic carbocycles. The lowest BCUT2D eigenvalue weighted by atomic mass is 10.0. The van der Waals surface area contributed by atoms with Crippen LogP contribution in [0.1, 0.15) is 23.1 Å². The summed E-state index contributed by atoms with van der Waals surface area (Å²) in [5.74, 6) is -1.07. The predicted octanol–water partition coefficient (Wildman–Crippen LogP) is 6.11. The van der Waals surface area contributed by atoms with E-state index in [0.29, 0.717) is 59.7 Å². The molecule has 45 heavy (non-hydrogen) atoms. The topological polar surface area (TPSA) is 99.1 Å². The minimum Gasteiger partial charge on any atom is -0.372 e. The molecule has 2 heterocycles. The lowest BCUT2D eigenvalue weighted by Gasteiger charge is -2.31. The number of anilines is 2. The molecular formula is C34H32F3N5O2S. The number of amides is 1. The summed E-state index contributed by atoms with van der Waals surface area (Å²) < 4.78 is 48.5. The molecule has 232 valence electrons. The SMILES string of the molecule is N#Cc1cccc(SC[C@@H]2CNC[C@@H](CCc3c(F)cncc3N[C@@H](Cc3ccc(F)cc3)C(=O)Nc3ccc(F)cc3)O2)c1. The summed E-state index contributed by atoms with van der Waals surface area (Å²) in [4.78, 5) is 18.4. The van der Waals surface area contributed by atoms with Crippen molar-refractivity contribution in [1.29, 1.82) is 5.26 Å². The number of carbonyl (C=O) groups excluding carboxylic acids is 1. The van der Waals surface area contributed by atoms with Crippen molar-refractivity contribution in [3.63, 3.8) is 0 Å². The van der Waals surface area contributed by atoms with E-state index < -0.39 is 29.4 Å². The molecule has 1 aromatic heterocycles. The van der Waals surface area contributed by atoms with Crippen LogP contribution in [0.2, 0.25) is 0 Å². The van der Waals surface area contributed by atoms with E-state index in [0.717, 1.165) is 11.1 Å². The molecule has 0 saturated carbocycles. The number of ether oxygens (including phenoxy) is 1. The first-order valence-electron chi connectivity index (χ1n) is 14.5. The summed E-state index contributed by atoms with van der Waals surface area (Å²) in [6.07, 6.45) is 3.43. The van der Waals surface area contributed by atoms with Gasteiger partial charge in [0.25, 0.3) is 0 Å². The van der Waals surface area contributed by atoms with Crippen LogP contribution in [0.25, 0.3) is 0 Å². The first-order valence-corrected chi connectivity index (χ1v) is 15.5. The zero-order valence-electron chi connectivity index (χ0n) is 24.3. The van der Waals surface area contributed by atoms with Gasteiger partial charge in [0.1, 0.15) is 23.5 Å². The third-order valence-corrected chi connectivity index (χ3v) is 8.49. The largest absolute Gasteiger partial charge is 0.372 e. The number of hydrogen-bond donors (Lipinski definition) is 3. The van der Waals surface area contributed by atoms with E-state index in [4.69, 9.17) is 10.00 Å². The number of hydrogen-bond acceptors (Lipinski definition) is 7. The molecule has 4 aromatic rings. The highest BCUT2D eigenvalue weighted by atomic mass is 32.2. The number of nitriles is 1. The second-order valence-corrected chi connectivity index (χ2v) is 11.8. The van der Waals surface area contributed by atoms with E-state index in [1.54, 1.807) is 30.0 Å². The van der Waals surface area contributed by atoms with E-state index in [-0.39, 0.29) is 18.6 Å². The summed E-state index contributed by atoms with van der Waals surface area (Å²) >= 11 is 1.62. The Hall–Kier alpha value is -4.37. The van der Waals surface area contributed by atoms with Gasteiger partial charge in [-0.15, -0.1) is 11.8 Å². The number of nitrogens with zero attached hydrogens (tertiary/aromatic N) is 2. The molecule has 1 fully saturated rings. The highest BCUT2D eigenvalue weighted by Gasteiger charge is 2.25. The second-order valence-electron chi connectivity index (χ2n) is 10.7. The van der Waals surface area contributed by atoms with Gasteiger partial charge in [0, 0.05) is 41.4 Å². The molecule has 3 N–H and O–H groups in total. The van der Waals surface area contributed by atoms with Crippen LogP contribution in [0.4, 0.5) is 24.5 Å². The van der Waals surface area contributed by atoms with Crippen molar-refractivity contribution in [3.05, 3.63) is 119 Å². The van der Waals surface area contributed by atoms with E-state index in [9.17, 15) is 13.6 Å². The van der Waals surface area contributed by atoms with Crippen LogP contribution in [0, 0.1) is 28.8 Å². The molecular weight excluding hydrogens is 599 g/mol. The minimum atomic E-state index is -0.878. The third kappa shape index (κ3) is 9.31. The number of rotatable bonds is 12. The summed E-state index contributed by atoms with van der Waals surface area (Å²) in [6.45, 7) is 1.31. The Morgan fingerprint density at radius 3 is 2.51 bits per heavy atom. The molecule has 3 aromatic carbocycles. The van der Waals surface area contributed by atoms with Crippen LogP contribution < -0.4 is 16.0 Å². The standard InChI is InChI=1S/C34H32F3N5O2S/c35-24-6-4-22(5-7-24)15-32(34(43)41-26-10-8-25(36)9-11-26)42-33-20-40-19-31(37)30(33)13-12-27-17-39-18-28(44-27)21-45-29-3-1-2-23(14-29)16-38/h1-11,14,19-20,27-28,32,39,42H,12-13,15,17-18,21H2,(H,41,43)/t27-,28+,32+/m1/s1. The van der Waals surface area contributed by atoms with Crippen LogP contribution in [0.15, 0.2) is 90.1 Å². The molecule has 0 spiro atoms. The predicted molar refractivity (Wildman–Crippen MR) is 168 cm³/mol. The van der Waals surface area contributed by atoms with Gasteiger partial charge >= 0.3 is 0 Å². The fraction of sp³-hybridized carbons (Fsp3) is 0.265. The smallest absolute Gasteiger partial charge is 0.247 e. The van der Waals surface area contributed by atoms with Crippen molar-refractivity contribution < 1.29 is 22.7 Å². The Balaban J connectivity index is 1.25. The fourth-order valence-electron chi connectivity index (χ4n) is 5.05.